The molecule has 0 spiro atoms. The van der Waals surface area contributed by atoms with E-state index in [0.29, 0.717) is 24.6 Å². The second-order valence-corrected chi connectivity index (χ2v) is 12.8. The largest absolute Gasteiger partial charge is 0.497 e. The summed E-state index contributed by atoms with van der Waals surface area (Å²) in [6.07, 6.45) is 0. The summed E-state index contributed by atoms with van der Waals surface area (Å²) >= 11 is 0.777. The third-order valence-corrected chi connectivity index (χ3v) is 10.1. The molecule has 14 heteroatoms. The molecule has 180 valence electrons. The van der Waals surface area contributed by atoms with Gasteiger partial charge >= 0.3 is 11.0 Å². The zero-order valence-corrected chi connectivity index (χ0v) is 19.1. The minimum Gasteiger partial charge on any atom is -0.289 e. The highest BCUT2D eigenvalue weighted by molar-refractivity contribution is 7.92. The van der Waals surface area contributed by atoms with Crippen molar-refractivity contribution in [2.75, 3.05) is 0 Å². The topological polar surface area (TPSA) is 85.3 Å². The molecule has 1 aromatic heterocycles. The number of sulfone groups is 2. The maximum Gasteiger partial charge on any atom is 0.497 e. The number of hydrogen-bond donors (Lipinski definition) is 0. The predicted octanol–water partition coefficient (Wildman–Crippen LogP) is 5.41. The normalized spacial score (nSPS) is 15.6. The van der Waals surface area contributed by atoms with Crippen molar-refractivity contribution in [3.05, 3.63) is 57.7 Å². The van der Waals surface area contributed by atoms with Gasteiger partial charge in [0.15, 0.2) is 5.43 Å². The maximum absolute atomic E-state index is 13.2. The SMILES string of the molecule is CC(c1cc(C(C)S(=O)(=O)C(F)(F)F)c2sc3ccccc3c(=O)c2c1)S(=O)(=O)C(F)(F)F. The Kier molecular flexibility index (Phi) is 6.12. The van der Waals surface area contributed by atoms with Crippen molar-refractivity contribution >= 4 is 51.2 Å². The van der Waals surface area contributed by atoms with Gasteiger partial charge in [-0.25, -0.2) is 16.8 Å². The molecule has 0 aliphatic carbocycles. The molecule has 0 aliphatic rings. The maximum atomic E-state index is 13.2. The fourth-order valence-electron chi connectivity index (χ4n) is 3.24. The van der Waals surface area contributed by atoms with Gasteiger partial charge in [0.05, 0.1) is 10.5 Å². The van der Waals surface area contributed by atoms with Crippen LogP contribution < -0.4 is 5.43 Å². The molecule has 2 atom stereocenters. The van der Waals surface area contributed by atoms with E-state index in [1.54, 1.807) is 0 Å². The van der Waals surface area contributed by atoms with E-state index in [9.17, 15) is 48.0 Å². The molecule has 0 amide bonds. The van der Waals surface area contributed by atoms with E-state index >= 15 is 0 Å². The van der Waals surface area contributed by atoms with Gasteiger partial charge in [0.2, 0.25) is 0 Å². The van der Waals surface area contributed by atoms with Crippen molar-refractivity contribution in [1.29, 1.82) is 0 Å². The zero-order valence-electron chi connectivity index (χ0n) is 16.7. The van der Waals surface area contributed by atoms with Crippen molar-refractivity contribution < 1.29 is 43.2 Å². The minimum atomic E-state index is -5.86. The van der Waals surface area contributed by atoms with E-state index in [2.05, 4.69) is 0 Å². The van der Waals surface area contributed by atoms with E-state index in [-0.39, 0.29) is 15.5 Å². The second kappa shape index (κ2) is 7.94. The smallest absolute Gasteiger partial charge is 0.289 e. The highest BCUT2D eigenvalue weighted by Gasteiger charge is 2.51. The Morgan fingerprint density at radius 2 is 1.30 bits per heavy atom. The molecule has 3 rings (SSSR count). The molecule has 3 aromatic rings. The summed E-state index contributed by atoms with van der Waals surface area (Å²) in [5.74, 6) is 0. The number of alkyl halides is 6. The highest BCUT2D eigenvalue weighted by Crippen LogP contribution is 2.43. The molecule has 0 radical (unpaired) electrons. The fraction of sp³-hybridized carbons (Fsp3) is 0.316. The molecule has 0 saturated carbocycles. The van der Waals surface area contributed by atoms with E-state index in [0.717, 1.165) is 17.4 Å². The lowest BCUT2D eigenvalue weighted by molar-refractivity contribution is -0.0449. The summed E-state index contributed by atoms with van der Waals surface area (Å²) in [5.41, 5.74) is -13.4. The van der Waals surface area contributed by atoms with Gasteiger partial charge in [0.1, 0.15) is 0 Å². The molecule has 0 fully saturated rings. The summed E-state index contributed by atoms with van der Waals surface area (Å²) in [5, 5.41) is -4.91. The lowest BCUT2D eigenvalue weighted by Crippen LogP contribution is -2.29. The third kappa shape index (κ3) is 4.12. The molecule has 5 nitrogen and oxygen atoms in total. The quantitative estimate of drug-likeness (QED) is 0.332. The van der Waals surface area contributed by atoms with Crippen LogP contribution in [0.25, 0.3) is 20.2 Å². The van der Waals surface area contributed by atoms with Gasteiger partial charge in [-0.1, -0.05) is 18.2 Å². The van der Waals surface area contributed by atoms with Crippen molar-refractivity contribution in [3.63, 3.8) is 0 Å². The van der Waals surface area contributed by atoms with Gasteiger partial charge in [-0.05, 0) is 43.2 Å². The van der Waals surface area contributed by atoms with Gasteiger partial charge in [-0.3, -0.25) is 4.79 Å². The lowest BCUT2D eigenvalue weighted by Gasteiger charge is -2.21. The summed E-state index contributed by atoms with van der Waals surface area (Å²) in [6.45, 7) is 1.34. The third-order valence-electron chi connectivity index (χ3n) is 5.21. The standard InChI is InChI=1S/C19H14F6O5S3/c1-9(32(27,28)18(20,21)22)11-7-13(10(2)33(29,30)19(23,24)25)17-14(8-11)16(26)12-5-3-4-6-15(12)31-17/h3-10H,1-2H3. The summed E-state index contributed by atoms with van der Waals surface area (Å²) < 4.78 is 127. The number of hydrogen-bond acceptors (Lipinski definition) is 6. The van der Waals surface area contributed by atoms with Crippen LogP contribution in [0, 0.1) is 0 Å². The molecule has 0 saturated heterocycles. The first-order chi connectivity index (χ1) is 14.9. The van der Waals surface area contributed by atoms with Crippen LogP contribution in [0.2, 0.25) is 0 Å². The Morgan fingerprint density at radius 1 is 0.788 bits per heavy atom. The van der Waals surface area contributed by atoms with Gasteiger partial charge < -0.3 is 0 Å². The number of rotatable bonds is 4. The second-order valence-electron chi connectivity index (χ2n) is 7.18. The van der Waals surface area contributed by atoms with Crippen molar-refractivity contribution in [3.8, 4) is 0 Å². The van der Waals surface area contributed by atoms with E-state index < -0.39 is 57.7 Å². The fourth-order valence-corrected chi connectivity index (χ4v) is 6.38. The molecular formula is C19H14F6O5S3. The molecule has 0 aliphatic heterocycles. The first-order valence-electron chi connectivity index (χ1n) is 9.01. The molecular weight excluding hydrogens is 518 g/mol. The molecule has 2 aromatic carbocycles. The summed E-state index contributed by atoms with van der Waals surface area (Å²) in [7, 11) is -11.7. The number of halogens is 6. The van der Waals surface area contributed by atoms with Crippen LogP contribution in [-0.4, -0.2) is 27.9 Å². The van der Waals surface area contributed by atoms with Crippen molar-refractivity contribution in [1.82, 2.24) is 0 Å². The van der Waals surface area contributed by atoms with Crippen LogP contribution in [0.15, 0.2) is 41.2 Å². The van der Waals surface area contributed by atoms with Crippen LogP contribution in [0.4, 0.5) is 26.3 Å². The number of fused-ring (bicyclic) bond motifs is 2. The first-order valence-corrected chi connectivity index (χ1v) is 12.9. The number of benzene rings is 2. The van der Waals surface area contributed by atoms with Gasteiger partial charge in [-0.2, -0.15) is 26.3 Å². The van der Waals surface area contributed by atoms with Crippen molar-refractivity contribution in [2.24, 2.45) is 0 Å². The Balaban J connectivity index is 2.47. The van der Waals surface area contributed by atoms with Gasteiger partial charge in [0.25, 0.3) is 19.7 Å². The van der Waals surface area contributed by atoms with Crippen LogP contribution >= 0.6 is 11.3 Å². The average molecular weight is 533 g/mol. The Hall–Kier alpha value is -2.19. The monoisotopic (exact) mass is 532 g/mol. The highest BCUT2D eigenvalue weighted by atomic mass is 32.2. The van der Waals surface area contributed by atoms with Crippen LogP contribution in [0.5, 0.6) is 0 Å². The van der Waals surface area contributed by atoms with Crippen molar-refractivity contribution in [2.45, 2.75) is 35.4 Å². The average Bonchev–Trinajstić information content (AvgIpc) is 2.70. The predicted molar refractivity (Wildman–Crippen MR) is 112 cm³/mol. The zero-order chi connectivity index (χ0) is 25.1. The van der Waals surface area contributed by atoms with Crippen LogP contribution in [0.1, 0.15) is 35.5 Å². The van der Waals surface area contributed by atoms with Crippen LogP contribution in [-0.2, 0) is 19.7 Å². The van der Waals surface area contributed by atoms with E-state index in [1.807, 2.05) is 0 Å². The summed E-state index contributed by atoms with van der Waals surface area (Å²) in [6, 6.07) is 7.40. The molecule has 33 heavy (non-hydrogen) atoms. The van der Waals surface area contributed by atoms with Gasteiger partial charge in [-0.15, -0.1) is 11.3 Å². The van der Waals surface area contributed by atoms with Gasteiger partial charge in [0, 0.05) is 20.2 Å². The minimum absolute atomic E-state index is 0.0933. The van der Waals surface area contributed by atoms with E-state index in [1.165, 1.54) is 24.3 Å². The Bertz CT molecular complexity index is 1520. The Labute approximate surface area is 187 Å². The molecule has 0 N–H and O–H groups in total. The molecule has 2 unspecified atom stereocenters. The van der Waals surface area contributed by atoms with E-state index in [4.69, 9.17) is 0 Å². The van der Waals surface area contributed by atoms with Crippen LogP contribution in [0.3, 0.4) is 0 Å². The molecule has 1 heterocycles. The summed E-state index contributed by atoms with van der Waals surface area (Å²) in [4.78, 5) is 13.0. The lowest BCUT2D eigenvalue weighted by atomic mass is 10.0. The first kappa shape index (κ1) is 25.4. The molecule has 0 bridgehead atoms. The Morgan fingerprint density at radius 3 is 1.85 bits per heavy atom.